The lowest BCUT2D eigenvalue weighted by atomic mass is 10.0. The summed E-state index contributed by atoms with van der Waals surface area (Å²) >= 11 is 0. The molecular formula is C26H28F3N3O2. The van der Waals surface area contributed by atoms with Crippen LogP contribution in [-0.4, -0.2) is 41.1 Å². The molecule has 1 N–H and O–H groups in total. The summed E-state index contributed by atoms with van der Waals surface area (Å²) < 4.78 is 41.0. The summed E-state index contributed by atoms with van der Waals surface area (Å²) in [6.45, 7) is 4.55. The molecule has 8 heteroatoms. The predicted molar refractivity (Wildman–Crippen MR) is 126 cm³/mol. The summed E-state index contributed by atoms with van der Waals surface area (Å²) in [5.41, 5.74) is -1.11. The number of hydrogen-bond donors (Lipinski definition) is 1. The fourth-order valence-electron chi connectivity index (χ4n) is 4.57. The molecule has 1 unspecified atom stereocenters. The second kappa shape index (κ2) is 10.0. The van der Waals surface area contributed by atoms with E-state index in [-0.39, 0.29) is 11.3 Å². The molecule has 180 valence electrons. The molecule has 1 aromatic heterocycles. The van der Waals surface area contributed by atoms with Crippen LogP contribution in [0.25, 0.3) is 16.6 Å². The zero-order valence-electron chi connectivity index (χ0n) is 19.1. The first-order valence-corrected chi connectivity index (χ1v) is 11.6. The van der Waals surface area contributed by atoms with Crippen molar-refractivity contribution in [1.29, 1.82) is 0 Å². The van der Waals surface area contributed by atoms with Gasteiger partial charge in [-0.1, -0.05) is 30.7 Å². The van der Waals surface area contributed by atoms with E-state index in [1.807, 2.05) is 0 Å². The molecule has 0 saturated carbocycles. The van der Waals surface area contributed by atoms with Crippen molar-refractivity contribution in [3.63, 3.8) is 0 Å². The monoisotopic (exact) mass is 471 g/mol. The molecule has 1 fully saturated rings. The highest BCUT2D eigenvalue weighted by atomic mass is 19.4. The Kier molecular flexibility index (Phi) is 7.07. The number of likely N-dealkylation sites (tertiary alicyclic amines) is 1. The molecule has 1 aliphatic rings. The van der Waals surface area contributed by atoms with Gasteiger partial charge in [0.05, 0.1) is 11.1 Å². The number of alkyl halides is 3. The maximum absolute atomic E-state index is 13.3. The third kappa shape index (κ3) is 5.17. The summed E-state index contributed by atoms with van der Waals surface area (Å²) in [5, 5.41) is 3.40. The number of nitrogens with zero attached hydrogens (tertiary/aromatic N) is 2. The van der Waals surface area contributed by atoms with Crippen LogP contribution in [0.3, 0.4) is 0 Å². The fraction of sp³-hybridized carbons (Fsp3) is 0.385. The van der Waals surface area contributed by atoms with E-state index in [0.717, 1.165) is 31.6 Å². The minimum Gasteiger partial charge on any atom is -0.352 e. The van der Waals surface area contributed by atoms with Gasteiger partial charge in [-0.05, 0) is 68.4 Å². The number of benzene rings is 2. The number of hydrogen-bond acceptors (Lipinski definition) is 3. The van der Waals surface area contributed by atoms with E-state index in [4.69, 9.17) is 0 Å². The van der Waals surface area contributed by atoms with Crippen molar-refractivity contribution in [3.05, 3.63) is 76.1 Å². The lowest BCUT2D eigenvalue weighted by molar-refractivity contribution is -0.137. The number of nitrogens with one attached hydrogen (secondary N) is 1. The van der Waals surface area contributed by atoms with Crippen LogP contribution in [0.5, 0.6) is 0 Å². The standard InChI is InChI=1S/C26H28F3N3O2/c1-18-8-4-5-14-31(18)15-7-13-30-24(33)22-16-19-9-2-3-12-23(19)32(25(22)34)21-11-6-10-20(17-21)26(27,28)29/h2-3,6,9-12,16-18H,4-5,7-8,13-15H2,1H3,(H,30,33). The topological polar surface area (TPSA) is 54.3 Å². The van der Waals surface area contributed by atoms with Crippen molar-refractivity contribution in [2.45, 2.75) is 44.8 Å². The smallest absolute Gasteiger partial charge is 0.352 e. The predicted octanol–water partition coefficient (Wildman–Crippen LogP) is 5.00. The molecule has 0 bridgehead atoms. The maximum Gasteiger partial charge on any atom is 0.416 e. The average molecular weight is 472 g/mol. The van der Waals surface area contributed by atoms with Crippen LogP contribution < -0.4 is 10.9 Å². The maximum atomic E-state index is 13.3. The van der Waals surface area contributed by atoms with E-state index >= 15 is 0 Å². The van der Waals surface area contributed by atoms with Gasteiger partial charge in [0, 0.05) is 24.8 Å². The molecule has 34 heavy (non-hydrogen) atoms. The van der Waals surface area contributed by atoms with Crippen molar-refractivity contribution >= 4 is 16.8 Å². The van der Waals surface area contributed by atoms with E-state index in [9.17, 15) is 22.8 Å². The number of amides is 1. The van der Waals surface area contributed by atoms with Crippen LogP contribution in [0.2, 0.25) is 0 Å². The lowest BCUT2D eigenvalue weighted by Gasteiger charge is -2.33. The van der Waals surface area contributed by atoms with E-state index in [1.54, 1.807) is 24.3 Å². The molecule has 0 radical (unpaired) electrons. The molecule has 1 atom stereocenters. The first-order chi connectivity index (χ1) is 16.3. The number of para-hydroxylation sites is 1. The SMILES string of the molecule is CC1CCCCN1CCCNC(=O)c1cc2ccccc2n(-c2cccc(C(F)(F)F)c2)c1=O. The van der Waals surface area contributed by atoms with Gasteiger partial charge in [0.15, 0.2) is 0 Å². The normalized spacial score (nSPS) is 17.1. The summed E-state index contributed by atoms with van der Waals surface area (Å²) in [5.74, 6) is -0.525. The number of pyridine rings is 1. The van der Waals surface area contributed by atoms with Crippen LogP contribution in [-0.2, 0) is 6.18 Å². The Bertz CT molecular complexity index is 1240. The Morgan fingerprint density at radius 2 is 1.88 bits per heavy atom. The van der Waals surface area contributed by atoms with Crippen molar-refractivity contribution < 1.29 is 18.0 Å². The van der Waals surface area contributed by atoms with Gasteiger partial charge in [-0.2, -0.15) is 13.2 Å². The van der Waals surface area contributed by atoms with Crippen LogP contribution in [0.1, 0.15) is 48.5 Å². The highest BCUT2D eigenvalue weighted by Crippen LogP contribution is 2.30. The molecule has 3 aromatic rings. The van der Waals surface area contributed by atoms with Crippen LogP contribution in [0.4, 0.5) is 13.2 Å². The molecule has 2 aromatic carbocycles. The Labute approximate surface area is 196 Å². The second-order valence-electron chi connectivity index (χ2n) is 8.80. The van der Waals surface area contributed by atoms with Gasteiger partial charge < -0.3 is 10.2 Å². The van der Waals surface area contributed by atoms with E-state index in [0.29, 0.717) is 23.5 Å². The van der Waals surface area contributed by atoms with E-state index < -0.39 is 23.2 Å². The Morgan fingerprint density at radius 3 is 2.65 bits per heavy atom. The molecule has 1 aliphatic heterocycles. The number of piperidine rings is 1. The highest BCUT2D eigenvalue weighted by Gasteiger charge is 2.31. The van der Waals surface area contributed by atoms with E-state index in [2.05, 4.69) is 17.1 Å². The fourth-order valence-corrected chi connectivity index (χ4v) is 4.57. The molecule has 1 amide bonds. The first-order valence-electron chi connectivity index (χ1n) is 11.6. The number of rotatable bonds is 6. The van der Waals surface area contributed by atoms with Gasteiger partial charge in [-0.3, -0.25) is 14.2 Å². The summed E-state index contributed by atoms with van der Waals surface area (Å²) in [6, 6.07) is 13.4. The van der Waals surface area contributed by atoms with E-state index in [1.165, 1.54) is 42.0 Å². The van der Waals surface area contributed by atoms with Gasteiger partial charge >= 0.3 is 6.18 Å². The second-order valence-corrected chi connectivity index (χ2v) is 8.80. The highest BCUT2D eigenvalue weighted by molar-refractivity contribution is 5.97. The third-order valence-electron chi connectivity index (χ3n) is 6.44. The lowest BCUT2D eigenvalue weighted by Crippen LogP contribution is -2.39. The van der Waals surface area contributed by atoms with Gasteiger partial charge in [0.25, 0.3) is 11.5 Å². The minimum absolute atomic E-state index is 0.0600. The van der Waals surface area contributed by atoms with Crippen molar-refractivity contribution in [2.75, 3.05) is 19.6 Å². The molecule has 1 saturated heterocycles. The molecule has 0 aliphatic carbocycles. The quantitative estimate of drug-likeness (QED) is 0.515. The van der Waals surface area contributed by atoms with Gasteiger partial charge in [-0.25, -0.2) is 0 Å². The summed E-state index contributed by atoms with van der Waals surface area (Å²) in [4.78, 5) is 28.6. The zero-order valence-corrected chi connectivity index (χ0v) is 19.1. The largest absolute Gasteiger partial charge is 0.416 e. The van der Waals surface area contributed by atoms with Gasteiger partial charge in [0.1, 0.15) is 5.56 Å². The summed E-state index contributed by atoms with van der Waals surface area (Å²) in [7, 11) is 0. The van der Waals surface area contributed by atoms with Crippen molar-refractivity contribution in [1.82, 2.24) is 14.8 Å². The van der Waals surface area contributed by atoms with Crippen LogP contribution in [0.15, 0.2) is 59.4 Å². The molecular weight excluding hydrogens is 443 g/mol. The number of aromatic nitrogens is 1. The Hall–Kier alpha value is -3.13. The van der Waals surface area contributed by atoms with Gasteiger partial charge in [-0.15, -0.1) is 0 Å². The summed E-state index contributed by atoms with van der Waals surface area (Å²) in [6.07, 6.45) is -0.183. The molecule has 2 heterocycles. The zero-order chi connectivity index (χ0) is 24.3. The van der Waals surface area contributed by atoms with Crippen molar-refractivity contribution in [2.24, 2.45) is 0 Å². The van der Waals surface area contributed by atoms with Crippen molar-refractivity contribution in [3.8, 4) is 5.69 Å². The Balaban J connectivity index is 1.60. The van der Waals surface area contributed by atoms with Gasteiger partial charge in [0.2, 0.25) is 0 Å². The number of carbonyl (C=O) groups is 1. The molecule has 4 rings (SSSR count). The number of carbonyl (C=O) groups excluding carboxylic acids is 1. The minimum atomic E-state index is -4.55. The number of fused-ring (bicyclic) bond motifs is 1. The Morgan fingerprint density at radius 1 is 1.09 bits per heavy atom. The van der Waals surface area contributed by atoms with Crippen LogP contribution in [0, 0.1) is 0 Å². The van der Waals surface area contributed by atoms with Crippen LogP contribution >= 0.6 is 0 Å². The third-order valence-corrected chi connectivity index (χ3v) is 6.44. The number of halogens is 3. The first kappa shape index (κ1) is 24.0. The molecule has 5 nitrogen and oxygen atoms in total. The molecule has 0 spiro atoms. The average Bonchev–Trinajstić information content (AvgIpc) is 2.82.